The Morgan fingerprint density at radius 1 is 1.20 bits per heavy atom. The van der Waals surface area contributed by atoms with Gasteiger partial charge in [0, 0.05) is 0 Å². The second-order valence-electron chi connectivity index (χ2n) is 6.81. The number of ether oxygens (including phenoxy) is 1. The fourth-order valence-corrected chi connectivity index (χ4v) is 3.83. The summed E-state index contributed by atoms with van der Waals surface area (Å²) < 4.78 is 46.4. The van der Waals surface area contributed by atoms with E-state index < -0.39 is 17.7 Å². The first-order chi connectivity index (χ1) is 9.25. The molecule has 1 heterocycles. The van der Waals surface area contributed by atoms with Gasteiger partial charge in [-0.05, 0) is 35.8 Å². The number of rotatable bonds is 0. The maximum atomic E-state index is 13.5. The van der Waals surface area contributed by atoms with Gasteiger partial charge < -0.3 is 4.74 Å². The molecular formula is C16H19F3O. The minimum absolute atomic E-state index is 0.122. The van der Waals surface area contributed by atoms with Crippen molar-refractivity contribution in [2.75, 3.05) is 6.61 Å². The lowest BCUT2D eigenvalue weighted by Gasteiger charge is -2.43. The van der Waals surface area contributed by atoms with Gasteiger partial charge in [0.25, 0.3) is 0 Å². The predicted octanol–water partition coefficient (Wildman–Crippen LogP) is 4.45. The Labute approximate surface area is 117 Å². The minimum atomic E-state index is -4.21. The highest BCUT2D eigenvalue weighted by atomic mass is 19.4. The molecule has 1 aromatic carbocycles. The molecule has 0 bridgehead atoms. The molecule has 0 N–H and O–H groups in total. The van der Waals surface area contributed by atoms with Crippen LogP contribution in [0.3, 0.4) is 0 Å². The van der Waals surface area contributed by atoms with Gasteiger partial charge in [-0.15, -0.1) is 0 Å². The van der Waals surface area contributed by atoms with Gasteiger partial charge in [0.05, 0.1) is 12.5 Å². The van der Waals surface area contributed by atoms with Crippen molar-refractivity contribution in [1.82, 2.24) is 0 Å². The topological polar surface area (TPSA) is 9.23 Å². The molecule has 1 fully saturated rings. The number of benzene rings is 1. The molecule has 110 valence electrons. The van der Waals surface area contributed by atoms with Crippen LogP contribution in [-0.4, -0.2) is 12.8 Å². The van der Waals surface area contributed by atoms with Crippen molar-refractivity contribution in [2.24, 2.45) is 11.3 Å². The first-order valence-corrected chi connectivity index (χ1v) is 7.04. The van der Waals surface area contributed by atoms with Gasteiger partial charge in [-0.1, -0.05) is 38.1 Å². The molecule has 2 atom stereocenters. The molecule has 0 saturated carbocycles. The second kappa shape index (κ2) is 4.23. The largest absolute Gasteiger partial charge is 0.394 e. The fraction of sp³-hybridized carbons (Fsp3) is 0.625. The van der Waals surface area contributed by atoms with E-state index in [1.165, 1.54) is 0 Å². The first-order valence-electron chi connectivity index (χ1n) is 7.04. The summed E-state index contributed by atoms with van der Waals surface area (Å²) in [5.41, 5.74) is 0.356. The van der Waals surface area contributed by atoms with Crippen molar-refractivity contribution in [3.05, 3.63) is 35.4 Å². The highest BCUT2D eigenvalue weighted by Crippen LogP contribution is 2.57. The summed E-state index contributed by atoms with van der Waals surface area (Å²) in [6.07, 6.45) is -3.18. The van der Waals surface area contributed by atoms with Crippen LogP contribution in [0, 0.1) is 11.3 Å². The fourth-order valence-electron chi connectivity index (χ4n) is 3.83. The van der Waals surface area contributed by atoms with Crippen LogP contribution in [0.15, 0.2) is 24.3 Å². The molecule has 1 aliphatic carbocycles. The van der Waals surface area contributed by atoms with Crippen LogP contribution in [0.1, 0.15) is 37.8 Å². The summed E-state index contributed by atoms with van der Waals surface area (Å²) in [5, 5.41) is 0. The van der Waals surface area contributed by atoms with Crippen LogP contribution in [0.4, 0.5) is 13.2 Å². The number of fused-ring (bicyclic) bond motifs is 2. The molecular weight excluding hydrogens is 265 g/mol. The number of aryl methyl sites for hydroxylation is 1. The van der Waals surface area contributed by atoms with Gasteiger partial charge in [0.1, 0.15) is 5.60 Å². The monoisotopic (exact) mass is 284 g/mol. The van der Waals surface area contributed by atoms with Crippen LogP contribution < -0.4 is 0 Å². The third-order valence-corrected chi connectivity index (χ3v) is 4.60. The Hall–Kier alpha value is -1.03. The zero-order chi connectivity index (χ0) is 14.6. The molecule has 1 aliphatic heterocycles. The molecule has 0 amide bonds. The van der Waals surface area contributed by atoms with Crippen molar-refractivity contribution in [3.63, 3.8) is 0 Å². The molecule has 1 aromatic rings. The summed E-state index contributed by atoms with van der Waals surface area (Å²) in [7, 11) is 0. The van der Waals surface area contributed by atoms with Gasteiger partial charge in [-0.25, -0.2) is 0 Å². The number of hydrogen-bond donors (Lipinski definition) is 0. The van der Waals surface area contributed by atoms with Crippen molar-refractivity contribution in [2.45, 2.75) is 44.9 Å². The van der Waals surface area contributed by atoms with Crippen molar-refractivity contribution in [1.29, 1.82) is 0 Å². The van der Waals surface area contributed by atoms with Gasteiger partial charge in [0.2, 0.25) is 0 Å². The van der Waals surface area contributed by atoms with Crippen molar-refractivity contribution >= 4 is 0 Å². The Morgan fingerprint density at radius 3 is 2.50 bits per heavy atom. The SMILES string of the molecule is CC1(C)CO[C@@]2(C1)c1ccccc1CC[C@@H]2C(F)(F)F. The molecule has 4 heteroatoms. The predicted molar refractivity (Wildman–Crippen MR) is 70.3 cm³/mol. The smallest absolute Gasteiger partial charge is 0.369 e. The van der Waals surface area contributed by atoms with E-state index in [0.29, 0.717) is 19.4 Å². The highest BCUT2D eigenvalue weighted by Gasteiger charge is 2.61. The quantitative estimate of drug-likeness (QED) is 0.683. The molecule has 0 radical (unpaired) electrons. The lowest BCUT2D eigenvalue weighted by molar-refractivity contribution is -0.237. The van der Waals surface area contributed by atoms with Crippen LogP contribution in [0.2, 0.25) is 0 Å². The van der Waals surface area contributed by atoms with Gasteiger partial charge in [-0.3, -0.25) is 0 Å². The van der Waals surface area contributed by atoms with Crippen LogP contribution in [-0.2, 0) is 16.8 Å². The maximum Gasteiger partial charge on any atom is 0.394 e. The molecule has 3 rings (SSSR count). The standard InChI is InChI=1S/C16H19F3O/c1-14(2)9-15(20-10-14)12-6-4-3-5-11(12)7-8-13(15)16(17,18)19/h3-6,13H,7-10H2,1-2H3/t13-,15-/m0/s1. The van der Waals surface area contributed by atoms with Gasteiger partial charge in [0.15, 0.2) is 0 Å². The molecule has 20 heavy (non-hydrogen) atoms. The molecule has 0 aromatic heterocycles. The van der Waals surface area contributed by atoms with E-state index in [1.54, 1.807) is 0 Å². The maximum absolute atomic E-state index is 13.5. The molecule has 1 spiro atoms. The third kappa shape index (κ3) is 2.05. The molecule has 0 unspecified atom stereocenters. The Balaban J connectivity index is 2.14. The summed E-state index contributed by atoms with van der Waals surface area (Å²) in [4.78, 5) is 0. The van der Waals surface area contributed by atoms with E-state index >= 15 is 0 Å². The van der Waals surface area contributed by atoms with E-state index in [0.717, 1.165) is 11.1 Å². The Bertz CT molecular complexity index is 521. The Kier molecular flexibility index (Phi) is 2.95. The lowest BCUT2D eigenvalue weighted by Crippen LogP contribution is -2.47. The first kappa shape index (κ1) is 13.9. The zero-order valence-electron chi connectivity index (χ0n) is 11.8. The number of hydrogen-bond acceptors (Lipinski definition) is 1. The third-order valence-electron chi connectivity index (χ3n) is 4.60. The average molecular weight is 284 g/mol. The van der Waals surface area contributed by atoms with Gasteiger partial charge in [-0.2, -0.15) is 13.2 Å². The van der Waals surface area contributed by atoms with Crippen molar-refractivity contribution in [3.8, 4) is 0 Å². The summed E-state index contributed by atoms with van der Waals surface area (Å²) >= 11 is 0. The Morgan fingerprint density at radius 2 is 1.90 bits per heavy atom. The summed E-state index contributed by atoms with van der Waals surface area (Å²) in [6, 6.07) is 7.45. The van der Waals surface area contributed by atoms with E-state index in [-0.39, 0.29) is 11.8 Å². The molecule has 1 nitrogen and oxygen atoms in total. The normalized spacial score (nSPS) is 32.4. The van der Waals surface area contributed by atoms with E-state index in [9.17, 15) is 13.2 Å². The number of alkyl halides is 3. The number of halogens is 3. The second-order valence-corrected chi connectivity index (χ2v) is 6.81. The lowest BCUT2D eigenvalue weighted by atomic mass is 9.67. The molecule has 1 saturated heterocycles. The highest BCUT2D eigenvalue weighted by molar-refractivity contribution is 5.37. The van der Waals surface area contributed by atoms with Crippen LogP contribution in [0.5, 0.6) is 0 Å². The summed E-state index contributed by atoms with van der Waals surface area (Å²) in [5.74, 6) is -1.40. The van der Waals surface area contributed by atoms with E-state index in [4.69, 9.17) is 4.74 Å². The van der Waals surface area contributed by atoms with Crippen LogP contribution >= 0.6 is 0 Å². The van der Waals surface area contributed by atoms with Gasteiger partial charge >= 0.3 is 6.18 Å². The molecule has 2 aliphatic rings. The van der Waals surface area contributed by atoms with Crippen LogP contribution in [0.25, 0.3) is 0 Å². The average Bonchev–Trinajstić information content (AvgIpc) is 2.65. The van der Waals surface area contributed by atoms with E-state index in [1.807, 2.05) is 38.1 Å². The minimum Gasteiger partial charge on any atom is -0.369 e. The van der Waals surface area contributed by atoms with E-state index in [2.05, 4.69) is 0 Å². The zero-order valence-corrected chi connectivity index (χ0v) is 11.8. The summed E-state index contributed by atoms with van der Waals surface area (Å²) in [6.45, 7) is 4.34. The van der Waals surface area contributed by atoms with Crippen molar-refractivity contribution < 1.29 is 17.9 Å².